The summed E-state index contributed by atoms with van der Waals surface area (Å²) in [5.74, 6) is 0.616. The number of aryl methyl sites for hydroxylation is 1. The zero-order valence-corrected chi connectivity index (χ0v) is 12.4. The first-order valence-electron chi connectivity index (χ1n) is 7.56. The van der Waals surface area contributed by atoms with Crippen molar-refractivity contribution in [3.8, 4) is 11.5 Å². The molecule has 2 heterocycles. The minimum absolute atomic E-state index is 0.0618. The summed E-state index contributed by atoms with van der Waals surface area (Å²) in [6.07, 6.45) is 4.52. The number of nitrogens with zero attached hydrogens (tertiary/aromatic N) is 1. The maximum Gasteiger partial charge on any atom is 0.159 e. The lowest BCUT2D eigenvalue weighted by molar-refractivity contribution is 0.356. The third-order valence-electron chi connectivity index (χ3n) is 4.38. The molecule has 0 aliphatic carbocycles. The number of nitrogens with one attached hydrogen (secondary N) is 2. The van der Waals surface area contributed by atoms with Gasteiger partial charge in [0.1, 0.15) is 0 Å². The predicted octanol–water partition coefficient (Wildman–Crippen LogP) is 1.68. The van der Waals surface area contributed by atoms with Crippen molar-refractivity contribution in [2.75, 3.05) is 19.6 Å². The molecule has 1 aliphatic rings. The third kappa shape index (κ3) is 2.99. The Morgan fingerprint density at radius 1 is 1.24 bits per heavy atom. The van der Waals surface area contributed by atoms with Crippen LogP contribution < -0.4 is 10.6 Å². The molecule has 0 radical (unpaired) electrons. The van der Waals surface area contributed by atoms with Crippen LogP contribution in [0.5, 0.6) is 11.5 Å². The largest absolute Gasteiger partial charge is 0.504 e. The summed E-state index contributed by atoms with van der Waals surface area (Å²) in [5, 5.41) is 27.2. The van der Waals surface area contributed by atoms with Crippen LogP contribution in [0.2, 0.25) is 0 Å². The van der Waals surface area contributed by atoms with Gasteiger partial charge in [0.15, 0.2) is 11.5 Å². The summed E-state index contributed by atoms with van der Waals surface area (Å²) in [6.45, 7) is 4.05. The topological polar surface area (TPSA) is 69.5 Å². The van der Waals surface area contributed by atoms with Crippen LogP contribution in [0.15, 0.2) is 18.3 Å². The van der Waals surface area contributed by atoms with Crippen molar-refractivity contribution in [3.05, 3.63) is 23.9 Å². The molecule has 21 heavy (non-hydrogen) atoms. The summed E-state index contributed by atoms with van der Waals surface area (Å²) in [4.78, 5) is 0. The molecule has 0 atom stereocenters. The van der Waals surface area contributed by atoms with Crippen LogP contribution in [-0.4, -0.2) is 34.4 Å². The van der Waals surface area contributed by atoms with Crippen LogP contribution in [0.1, 0.15) is 18.4 Å². The summed E-state index contributed by atoms with van der Waals surface area (Å²) in [5.41, 5.74) is 2.08. The summed E-state index contributed by atoms with van der Waals surface area (Å²) in [6, 6.07) is 3.26. The molecule has 0 spiro atoms. The van der Waals surface area contributed by atoms with Crippen LogP contribution in [-0.2, 0) is 13.6 Å². The van der Waals surface area contributed by atoms with Crippen LogP contribution in [0.3, 0.4) is 0 Å². The zero-order chi connectivity index (χ0) is 14.8. The van der Waals surface area contributed by atoms with Gasteiger partial charge in [0, 0.05) is 31.2 Å². The smallest absolute Gasteiger partial charge is 0.159 e. The molecular formula is C16H23N3O2. The van der Waals surface area contributed by atoms with E-state index in [0.717, 1.165) is 48.6 Å². The minimum Gasteiger partial charge on any atom is -0.504 e. The van der Waals surface area contributed by atoms with Crippen LogP contribution in [0.4, 0.5) is 0 Å². The number of piperidine rings is 1. The fourth-order valence-electron chi connectivity index (χ4n) is 3.13. The van der Waals surface area contributed by atoms with Crippen LogP contribution >= 0.6 is 0 Å². The second kappa shape index (κ2) is 5.95. The Morgan fingerprint density at radius 3 is 2.71 bits per heavy atom. The molecule has 0 saturated carbocycles. The first-order chi connectivity index (χ1) is 10.1. The van der Waals surface area contributed by atoms with Gasteiger partial charge in [-0.2, -0.15) is 0 Å². The van der Waals surface area contributed by atoms with Crippen molar-refractivity contribution in [3.63, 3.8) is 0 Å². The van der Waals surface area contributed by atoms with Gasteiger partial charge in [0.05, 0.1) is 5.52 Å². The van der Waals surface area contributed by atoms with E-state index in [-0.39, 0.29) is 11.5 Å². The Labute approximate surface area is 124 Å². The molecule has 3 rings (SSSR count). The summed E-state index contributed by atoms with van der Waals surface area (Å²) >= 11 is 0. The van der Waals surface area contributed by atoms with Gasteiger partial charge in [-0.15, -0.1) is 0 Å². The van der Waals surface area contributed by atoms with E-state index in [1.165, 1.54) is 12.8 Å². The van der Waals surface area contributed by atoms with Gasteiger partial charge in [-0.25, -0.2) is 0 Å². The van der Waals surface area contributed by atoms with Gasteiger partial charge >= 0.3 is 0 Å². The Bertz CT molecular complexity index is 630. The molecule has 1 aromatic carbocycles. The van der Waals surface area contributed by atoms with Crippen molar-refractivity contribution in [1.29, 1.82) is 0 Å². The molecule has 5 nitrogen and oxygen atoms in total. The Balaban J connectivity index is 1.70. The van der Waals surface area contributed by atoms with E-state index in [0.29, 0.717) is 0 Å². The lowest BCUT2D eigenvalue weighted by Gasteiger charge is -2.22. The molecule has 0 bridgehead atoms. The monoisotopic (exact) mass is 289 g/mol. The highest BCUT2D eigenvalue weighted by atomic mass is 16.3. The van der Waals surface area contributed by atoms with Crippen molar-refractivity contribution in [1.82, 2.24) is 15.2 Å². The number of aromatic nitrogens is 1. The van der Waals surface area contributed by atoms with Crippen molar-refractivity contribution in [2.45, 2.75) is 19.4 Å². The number of aromatic hydroxyl groups is 2. The number of hydrogen-bond donors (Lipinski definition) is 4. The molecule has 5 heteroatoms. The lowest BCUT2D eigenvalue weighted by atomic mass is 9.98. The molecule has 1 saturated heterocycles. The molecule has 2 aromatic rings. The highest BCUT2D eigenvalue weighted by Crippen LogP contribution is 2.32. The molecule has 0 unspecified atom stereocenters. The van der Waals surface area contributed by atoms with Crippen molar-refractivity contribution < 1.29 is 10.2 Å². The summed E-state index contributed by atoms with van der Waals surface area (Å²) < 4.78 is 1.98. The van der Waals surface area contributed by atoms with Crippen molar-refractivity contribution in [2.24, 2.45) is 13.0 Å². The molecule has 1 aliphatic heterocycles. The molecule has 114 valence electrons. The standard InChI is InChI=1S/C16H23N3O2/c1-19-10-12(9-18-8-11-2-4-17-5-3-11)13-6-15(20)16(21)7-14(13)19/h6-7,10-11,17-18,20-21H,2-5,8-9H2,1H3. The van der Waals surface area contributed by atoms with E-state index in [4.69, 9.17) is 0 Å². The quantitative estimate of drug-likeness (QED) is 0.646. The molecule has 1 fully saturated rings. The van der Waals surface area contributed by atoms with Gasteiger partial charge in [0.25, 0.3) is 0 Å². The predicted molar refractivity (Wildman–Crippen MR) is 83.5 cm³/mol. The SMILES string of the molecule is Cn1cc(CNCC2CCNCC2)c2cc(O)c(O)cc21. The van der Waals surface area contributed by atoms with E-state index in [2.05, 4.69) is 16.8 Å². The lowest BCUT2D eigenvalue weighted by Crippen LogP contribution is -2.33. The van der Waals surface area contributed by atoms with E-state index in [1.54, 1.807) is 12.1 Å². The van der Waals surface area contributed by atoms with Gasteiger partial charge in [0.2, 0.25) is 0 Å². The maximum atomic E-state index is 9.69. The van der Waals surface area contributed by atoms with Crippen LogP contribution in [0, 0.1) is 5.92 Å². The van der Waals surface area contributed by atoms with Crippen molar-refractivity contribution >= 4 is 10.9 Å². The van der Waals surface area contributed by atoms with Gasteiger partial charge in [-0.1, -0.05) is 0 Å². The Morgan fingerprint density at radius 2 is 1.95 bits per heavy atom. The number of phenolic OH excluding ortho intramolecular Hbond substituents is 2. The highest BCUT2D eigenvalue weighted by molar-refractivity contribution is 5.87. The van der Waals surface area contributed by atoms with Crippen LogP contribution in [0.25, 0.3) is 10.9 Å². The number of benzene rings is 1. The van der Waals surface area contributed by atoms with Gasteiger partial charge in [-0.3, -0.25) is 0 Å². The number of hydrogen-bond acceptors (Lipinski definition) is 4. The summed E-state index contributed by atoms with van der Waals surface area (Å²) in [7, 11) is 1.95. The molecule has 4 N–H and O–H groups in total. The van der Waals surface area contributed by atoms with Gasteiger partial charge in [-0.05, 0) is 50.0 Å². The second-order valence-electron chi connectivity index (χ2n) is 5.95. The van der Waals surface area contributed by atoms with E-state index < -0.39 is 0 Å². The average molecular weight is 289 g/mol. The number of rotatable bonds is 4. The molecule has 1 aromatic heterocycles. The fourth-order valence-corrected chi connectivity index (χ4v) is 3.13. The zero-order valence-electron chi connectivity index (χ0n) is 12.4. The normalized spacial score (nSPS) is 16.6. The van der Waals surface area contributed by atoms with E-state index in [9.17, 15) is 10.2 Å². The maximum absolute atomic E-state index is 9.69. The number of phenols is 2. The van der Waals surface area contributed by atoms with Gasteiger partial charge < -0.3 is 25.4 Å². The highest BCUT2D eigenvalue weighted by Gasteiger charge is 2.14. The first kappa shape index (κ1) is 14.2. The molecular weight excluding hydrogens is 266 g/mol. The average Bonchev–Trinajstić information content (AvgIpc) is 2.77. The first-order valence-corrected chi connectivity index (χ1v) is 7.56. The Hall–Kier alpha value is -1.72. The number of fused-ring (bicyclic) bond motifs is 1. The fraction of sp³-hybridized carbons (Fsp3) is 0.500. The van der Waals surface area contributed by atoms with E-state index in [1.807, 2.05) is 11.6 Å². The Kier molecular flexibility index (Phi) is 4.03. The van der Waals surface area contributed by atoms with E-state index >= 15 is 0 Å². The molecule has 0 amide bonds. The second-order valence-corrected chi connectivity index (χ2v) is 5.95. The third-order valence-corrected chi connectivity index (χ3v) is 4.38. The minimum atomic E-state index is -0.0714.